The summed E-state index contributed by atoms with van der Waals surface area (Å²) in [4.78, 5) is 2.40. The zero-order chi connectivity index (χ0) is 39.4. The first kappa shape index (κ1) is 35.7. The monoisotopic (exact) mass is 751 g/mol. The molecule has 0 aliphatic heterocycles. The second kappa shape index (κ2) is 16.0. The largest absolute Gasteiger partial charge is 0.310 e. The Morgan fingerprint density at radius 3 is 1.17 bits per heavy atom. The molecule has 0 aliphatic carbocycles. The lowest BCUT2D eigenvalue weighted by Crippen LogP contribution is -2.11. The van der Waals surface area contributed by atoms with E-state index >= 15 is 0 Å². The third-order valence-electron chi connectivity index (χ3n) is 11.3. The summed E-state index contributed by atoms with van der Waals surface area (Å²) in [5.41, 5.74) is 17.6. The van der Waals surface area contributed by atoms with Crippen molar-refractivity contribution in [1.29, 1.82) is 0 Å². The number of anilines is 3. The molecular weight excluding hydrogens is 711 g/mol. The minimum Gasteiger partial charge on any atom is -0.310 e. The Labute approximate surface area is 346 Å². The van der Waals surface area contributed by atoms with Gasteiger partial charge >= 0.3 is 0 Å². The summed E-state index contributed by atoms with van der Waals surface area (Å²) in [6.07, 6.45) is 0. The topological polar surface area (TPSA) is 3.24 Å². The van der Waals surface area contributed by atoms with Crippen molar-refractivity contribution in [3.05, 3.63) is 249 Å². The van der Waals surface area contributed by atoms with Crippen molar-refractivity contribution in [1.82, 2.24) is 0 Å². The molecule has 59 heavy (non-hydrogen) atoms. The van der Waals surface area contributed by atoms with Gasteiger partial charge in [0, 0.05) is 16.9 Å². The summed E-state index contributed by atoms with van der Waals surface area (Å²) >= 11 is 0. The number of nitrogens with zero attached hydrogens (tertiary/aromatic N) is 1. The summed E-state index contributed by atoms with van der Waals surface area (Å²) in [6.45, 7) is 0. The maximum atomic E-state index is 2.40. The third kappa shape index (κ3) is 7.34. The van der Waals surface area contributed by atoms with Crippen LogP contribution >= 0.6 is 0 Å². The SMILES string of the molecule is c1ccc(-c2ccc(N(c3ccc(-c4ccc(-c5ccccc5)c(-c5ccc6ccccc6c5)c4)cc3)c3ccc(-c4ccccc4)cc3-c3ccccc3)cc2)cc1. The highest BCUT2D eigenvalue weighted by atomic mass is 15.1. The van der Waals surface area contributed by atoms with Crippen molar-refractivity contribution in [2.45, 2.75) is 0 Å². The van der Waals surface area contributed by atoms with Gasteiger partial charge in [0.05, 0.1) is 5.69 Å². The van der Waals surface area contributed by atoms with Crippen LogP contribution in [0.1, 0.15) is 0 Å². The van der Waals surface area contributed by atoms with Gasteiger partial charge < -0.3 is 4.90 Å². The van der Waals surface area contributed by atoms with Crippen LogP contribution in [-0.2, 0) is 0 Å². The zero-order valence-corrected chi connectivity index (χ0v) is 32.6. The van der Waals surface area contributed by atoms with E-state index in [1.807, 2.05) is 0 Å². The van der Waals surface area contributed by atoms with Crippen LogP contribution in [0.5, 0.6) is 0 Å². The Hall–Kier alpha value is -7.74. The molecule has 0 aliphatic rings. The van der Waals surface area contributed by atoms with Crippen LogP contribution in [0, 0.1) is 0 Å². The summed E-state index contributed by atoms with van der Waals surface area (Å²) in [7, 11) is 0. The van der Waals surface area contributed by atoms with Crippen LogP contribution in [-0.4, -0.2) is 0 Å². The number of fused-ring (bicyclic) bond motifs is 1. The molecule has 1 heteroatoms. The first-order chi connectivity index (χ1) is 29.2. The first-order valence-electron chi connectivity index (χ1n) is 20.2. The fourth-order valence-corrected chi connectivity index (χ4v) is 8.24. The molecule has 0 aromatic heterocycles. The molecule has 0 heterocycles. The Morgan fingerprint density at radius 2 is 0.593 bits per heavy atom. The van der Waals surface area contributed by atoms with Crippen LogP contribution in [0.4, 0.5) is 17.1 Å². The number of benzene rings is 10. The van der Waals surface area contributed by atoms with Gasteiger partial charge in [-0.3, -0.25) is 0 Å². The number of rotatable bonds is 9. The van der Waals surface area contributed by atoms with E-state index in [0.717, 1.165) is 22.6 Å². The minimum absolute atomic E-state index is 1.08. The van der Waals surface area contributed by atoms with E-state index in [9.17, 15) is 0 Å². The van der Waals surface area contributed by atoms with Gasteiger partial charge in [0.2, 0.25) is 0 Å². The van der Waals surface area contributed by atoms with E-state index in [2.05, 4.69) is 254 Å². The summed E-state index contributed by atoms with van der Waals surface area (Å²) in [5.74, 6) is 0. The average Bonchev–Trinajstić information content (AvgIpc) is 3.33. The minimum atomic E-state index is 1.08. The maximum absolute atomic E-state index is 2.40. The Bertz CT molecular complexity index is 2990. The van der Waals surface area contributed by atoms with Crippen LogP contribution < -0.4 is 4.90 Å². The van der Waals surface area contributed by atoms with Crippen LogP contribution in [0.2, 0.25) is 0 Å². The van der Waals surface area contributed by atoms with Crippen molar-refractivity contribution in [3.8, 4) is 66.8 Å². The van der Waals surface area contributed by atoms with Gasteiger partial charge in [-0.2, -0.15) is 0 Å². The molecule has 0 N–H and O–H groups in total. The highest BCUT2D eigenvalue weighted by molar-refractivity contribution is 5.94. The molecule has 1 nitrogen and oxygen atoms in total. The lowest BCUT2D eigenvalue weighted by atomic mass is 9.90. The van der Waals surface area contributed by atoms with Crippen LogP contribution in [0.25, 0.3) is 77.5 Å². The quantitative estimate of drug-likeness (QED) is 0.142. The van der Waals surface area contributed by atoms with Crippen molar-refractivity contribution in [2.75, 3.05) is 4.90 Å². The molecule has 278 valence electrons. The molecule has 0 spiro atoms. The van der Waals surface area contributed by atoms with Crippen molar-refractivity contribution >= 4 is 27.8 Å². The molecule has 0 saturated carbocycles. The maximum Gasteiger partial charge on any atom is 0.0540 e. The second-order valence-electron chi connectivity index (χ2n) is 14.9. The van der Waals surface area contributed by atoms with Crippen molar-refractivity contribution < 1.29 is 0 Å². The van der Waals surface area contributed by atoms with Gasteiger partial charge in [0.1, 0.15) is 0 Å². The van der Waals surface area contributed by atoms with Crippen LogP contribution in [0.3, 0.4) is 0 Å². The molecule has 0 bridgehead atoms. The van der Waals surface area contributed by atoms with Gasteiger partial charge in [-0.25, -0.2) is 0 Å². The molecule has 0 unspecified atom stereocenters. The molecule has 0 atom stereocenters. The van der Waals surface area contributed by atoms with E-state index in [1.54, 1.807) is 0 Å². The van der Waals surface area contributed by atoms with Crippen molar-refractivity contribution in [2.24, 2.45) is 0 Å². The zero-order valence-electron chi connectivity index (χ0n) is 32.6. The number of hydrogen-bond acceptors (Lipinski definition) is 1. The predicted octanol–water partition coefficient (Wildman–Crippen LogP) is 16.3. The van der Waals surface area contributed by atoms with Gasteiger partial charge in [-0.1, -0.05) is 200 Å². The predicted molar refractivity (Wildman–Crippen MR) is 251 cm³/mol. The van der Waals surface area contributed by atoms with E-state index in [0.29, 0.717) is 0 Å². The number of hydrogen-bond donors (Lipinski definition) is 0. The Balaban J connectivity index is 1.10. The standard InChI is InChI=1S/C58H41N/c1-5-15-42(16-6-1)45-27-33-53(34-28-45)59(58-38-32-51(43-17-7-2-8-18-43)41-57(58)48-22-11-4-12-23-48)54-35-29-46(30-36-54)50-31-37-55(47-20-9-3-10-21-47)56(40-50)52-26-25-44-19-13-14-24-49(44)39-52/h1-41H. The molecule has 0 radical (unpaired) electrons. The fourth-order valence-electron chi connectivity index (χ4n) is 8.24. The lowest BCUT2D eigenvalue weighted by molar-refractivity contribution is 1.28. The first-order valence-corrected chi connectivity index (χ1v) is 20.2. The van der Waals surface area contributed by atoms with Gasteiger partial charge in [-0.15, -0.1) is 0 Å². The molecular formula is C58H41N. The van der Waals surface area contributed by atoms with E-state index in [1.165, 1.54) is 72.0 Å². The molecule has 0 amide bonds. The smallest absolute Gasteiger partial charge is 0.0540 e. The Kier molecular flexibility index (Phi) is 9.68. The van der Waals surface area contributed by atoms with E-state index in [4.69, 9.17) is 0 Å². The molecule has 10 aromatic carbocycles. The molecule has 10 aromatic rings. The lowest BCUT2D eigenvalue weighted by Gasteiger charge is -2.29. The fraction of sp³-hybridized carbons (Fsp3) is 0. The Morgan fingerprint density at radius 1 is 0.203 bits per heavy atom. The van der Waals surface area contributed by atoms with Gasteiger partial charge in [0.15, 0.2) is 0 Å². The van der Waals surface area contributed by atoms with E-state index < -0.39 is 0 Å². The summed E-state index contributed by atoms with van der Waals surface area (Å²) < 4.78 is 0. The van der Waals surface area contributed by atoms with Crippen molar-refractivity contribution in [3.63, 3.8) is 0 Å². The molecule has 0 saturated heterocycles. The second-order valence-corrected chi connectivity index (χ2v) is 14.9. The average molecular weight is 752 g/mol. The normalized spacial score (nSPS) is 11.1. The molecule has 10 rings (SSSR count). The summed E-state index contributed by atoms with van der Waals surface area (Å²) in [5, 5.41) is 2.48. The van der Waals surface area contributed by atoms with Gasteiger partial charge in [0.25, 0.3) is 0 Å². The molecule has 0 fully saturated rings. The summed E-state index contributed by atoms with van der Waals surface area (Å²) in [6, 6.07) is 89.9. The highest BCUT2D eigenvalue weighted by Gasteiger charge is 2.19. The highest BCUT2D eigenvalue weighted by Crippen LogP contribution is 2.44. The van der Waals surface area contributed by atoms with E-state index in [-0.39, 0.29) is 0 Å². The van der Waals surface area contributed by atoms with Crippen LogP contribution in [0.15, 0.2) is 249 Å². The van der Waals surface area contributed by atoms with Gasteiger partial charge in [-0.05, 0) is 121 Å². The third-order valence-corrected chi connectivity index (χ3v) is 11.3.